The number of rotatable bonds is 5. The first kappa shape index (κ1) is 11.5. The monoisotopic (exact) mass is 227 g/mol. The molecule has 0 aromatic carbocycles. The fourth-order valence-corrected chi connectivity index (χ4v) is 1.68. The van der Waals surface area contributed by atoms with Crippen LogP contribution in [-0.4, -0.2) is 34.5 Å². The second kappa shape index (κ2) is 5.38. The van der Waals surface area contributed by atoms with Crippen LogP contribution in [0.1, 0.15) is 37.5 Å². The van der Waals surface area contributed by atoms with Gasteiger partial charge in [0, 0.05) is 13.2 Å². The Kier molecular flexibility index (Phi) is 3.87. The summed E-state index contributed by atoms with van der Waals surface area (Å²) in [7, 11) is 0. The number of ether oxygens (including phenoxy) is 1. The fourth-order valence-electron chi connectivity index (χ4n) is 1.68. The van der Waals surface area contributed by atoms with Crippen molar-refractivity contribution in [1.29, 1.82) is 0 Å². The summed E-state index contributed by atoms with van der Waals surface area (Å²) in [6.45, 7) is 3.71. The van der Waals surface area contributed by atoms with Gasteiger partial charge in [0.05, 0.1) is 12.1 Å². The van der Waals surface area contributed by atoms with Gasteiger partial charge >= 0.3 is 0 Å². The van der Waals surface area contributed by atoms with Crippen LogP contribution in [0.4, 0.5) is 0 Å². The van der Waals surface area contributed by atoms with Crippen LogP contribution in [0.25, 0.3) is 0 Å². The third-order valence-electron chi connectivity index (χ3n) is 2.47. The number of hydrogen-bond acceptors (Lipinski definition) is 6. The van der Waals surface area contributed by atoms with Gasteiger partial charge < -0.3 is 19.7 Å². The van der Waals surface area contributed by atoms with Crippen LogP contribution < -0.4 is 5.32 Å². The molecule has 0 bridgehead atoms. The van der Waals surface area contributed by atoms with E-state index in [1.165, 1.54) is 0 Å². The van der Waals surface area contributed by atoms with Crippen molar-refractivity contribution in [2.24, 2.45) is 0 Å². The first-order chi connectivity index (χ1) is 7.79. The molecule has 1 aliphatic rings. The Hall–Kier alpha value is -0.980. The Balaban J connectivity index is 1.87. The van der Waals surface area contributed by atoms with E-state index in [1.807, 2.05) is 6.92 Å². The molecule has 0 saturated carbocycles. The summed E-state index contributed by atoms with van der Waals surface area (Å²) in [5, 5.41) is 16.3. The maximum atomic E-state index is 9.36. The van der Waals surface area contributed by atoms with Crippen LogP contribution in [-0.2, 0) is 11.3 Å². The molecule has 2 heterocycles. The Morgan fingerprint density at radius 2 is 2.50 bits per heavy atom. The highest BCUT2D eigenvalue weighted by molar-refractivity contribution is 4.96. The molecule has 1 saturated heterocycles. The highest BCUT2D eigenvalue weighted by atomic mass is 16.5. The molecule has 0 aliphatic carbocycles. The van der Waals surface area contributed by atoms with Crippen molar-refractivity contribution in [3.05, 3.63) is 11.7 Å². The predicted molar refractivity (Wildman–Crippen MR) is 55.6 cm³/mol. The van der Waals surface area contributed by atoms with Gasteiger partial charge in [0.2, 0.25) is 5.89 Å². The predicted octanol–water partition coefficient (Wildman–Crippen LogP) is 0.392. The van der Waals surface area contributed by atoms with E-state index in [9.17, 15) is 5.11 Å². The second-order valence-corrected chi connectivity index (χ2v) is 3.95. The molecule has 1 aromatic rings. The van der Waals surface area contributed by atoms with Crippen molar-refractivity contribution in [2.75, 3.05) is 13.2 Å². The Labute approximate surface area is 94.0 Å². The minimum atomic E-state index is -0.323. The standard InChI is InChI=1S/C10H17N3O3/c1-2-3-15-6-9-12-10(16-13-9)8-4-7(14)5-11-8/h7-8,11,14H,2-6H2,1H3/t7-,8+/m0/s1. The molecule has 2 N–H and O–H groups in total. The summed E-state index contributed by atoms with van der Waals surface area (Å²) in [6.07, 6.45) is 1.27. The highest BCUT2D eigenvalue weighted by Gasteiger charge is 2.27. The zero-order valence-electron chi connectivity index (χ0n) is 9.35. The van der Waals surface area contributed by atoms with Crippen molar-refractivity contribution in [3.63, 3.8) is 0 Å². The van der Waals surface area contributed by atoms with Gasteiger partial charge in [0.1, 0.15) is 6.61 Å². The summed E-state index contributed by atoms with van der Waals surface area (Å²) in [5.74, 6) is 1.10. The quantitative estimate of drug-likeness (QED) is 0.708. The van der Waals surface area contributed by atoms with Crippen LogP contribution >= 0.6 is 0 Å². The van der Waals surface area contributed by atoms with Crippen LogP contribution in [0.15, 0.2) is 4.52 Å². The fraction of sp³-hybridized carbons (Fsp3) is 0.800. The zero-order valence-corrected chi connectivity index (χ0v) is 9.35. The molecular formula is C10H17N3O3. The molecule has 90 valence electrons. The van der Waals surface area contributed by atoms with Crippen molar-refractivity contribution < 1.29 is 14.4 Å². The molecular weight excluding hydrogens is 210 g/mol. The van der Waals surface area contributed by atoms with Gasteiger partial charge in [-0.15, -0.1) is 0 Å². The molecule has 6 heteroatoms. The average Bonchev–Trinajstić information content (AvgIpc) is 2.87. The summed E-state index contributed by atoms with van der Waals surface area (Å²) in [6, 6.07) is -0.0255. The van der Waals surface area contributed by atoms with E-state index < -0.39 is 0 Å². The summed E-state index contributed by atoms with van der Waals surface area (Å²) in [5.41, 5.74) is 0. The molecule has 0 spiro atoms. The van der Waals surface area contributed by atoms with Gasteiger partial charge in [-0.3, -0.25) is 0 Å². The van der Waals surface area contributed by atoms with Gasteiger partial charge in [-0.2, -0.15) is 4.98 Å². The Morgan fingerprint density at radius 3 is 3.19 bits per heavy atom. The highest BCUT2D eigenvalue weighted by Crippen LogP contribution is 2.21. The van der Waals surface area contributed by atoms with Crippen molar-refractivity contribution in [3.8, 4) is 0 Å². The maximum absolute atomic E-state index is 9.36. The molecule has 1 aromatic heterocycles. The second-order valence-electron chi connectivity index (χ2n) is 3.95. The SMILES string of the molecule is CCCOCc1noc([C@H]2C[C@H](O)CN2)n1. The molecule has 1 aliphatic heterocycles. The molecule has 0 unspecified atom stereocenters. The van der Waals surface area contributed by atoms with Crippen molar-refractivity contribution in [1.82, 2.24) is 15.5 Å². The van der Waals surface area contributed by atoms with E-state index in [1.54, 1.807) is 0 Å². The summed E-state index contributed by atoms with van der Waals surface area (Å²) < 4.78 is 10.4. The number of nitrogens with one attached hydrogen (secondary N) is 1. The van der Waals surface area contributed by atoms with E-state index in [-0.39, 0.29) is 12.1 Å². The summed E-state index contributed by atoms with van der Waals surface area (Å²) in [4.78, 5) is 4.22. The minimum absolute atomic E-state index is 0.0255. The number of hydrogen-bond donors (Lipinski definition) is 2. The molecule has 0 radical (unpaired) electrons. The summed E-state index contributed by atoms with van der Waals surface area (Å²) >= 11 is 0. The normalized spacial score (nSPS) is 25.1. The average molecular weight is 227 g/mol. The maximum Gasteiger partial charge on any atom is 0.243 e. The van der Waals surface area contributed by atoms with E-state index in [2.05, 4.69) is 15.5 Å². The minimum Gasteiger partial charge on any atom is -0.392 e. The zero-order chi connectivity index (χ0) is 11.4. The number of β-amino-alcohol motifs (C(OH)–C–C–N with tert-alkyl or cyclic N) is 1. The first-order valence-corrected chi connectivity index (χ1v) is 5.61. The van der Waals surface area contributed by atoms with Gasteiger partial charge in [-0.1, -0.05) is 12.1 Å². The number of aromatic nitrogens is 2. The molecule has 16 heavy (non-hydrogen) atoms. The number of nitrogens with zero attached hydrogens (tertiary/aromatic N) is 2. The lowest BCUT2D eigenvalue weighted by Crippen LogP contribution is -2.15. The van der Waals surface area contributed by atoms with Crippen molar-refractivity contribution in [2.45, 2.75) is 38.5 Å². The van der Waals surface area contributed by atoms with Crippen molar-refractivity contribution >= 4 is 0 Å². The molecule has 6 nitrogen and oxygen atoms in total. The molecule has 1 fully saturated rings. The van der Waals surface area contributed by atoms with E-state index in [4.69, 9.17) is 9.26 Å². The molecule has 2 rings (SSSR count). The topological polar surface area (TPSA) is 80.4 Å². The number of aliphatic hydroxyl groups is 1. The van der Waals surface area contributed by atoms with Crippen LogP contribution in [0.2, 0.25) is 0 Å². The van der Waals surface area contributed by atoms with Gasteiger partial charge in [0.25, 0.3) is 0 Å². The van der Waals surface area contributed by atoms with E-state index in [0.29, 0.717) is 37.9 Å². The van der Waals surface area contributed by atoms with Gasteiger partial charge in [-0.05, 0) is 12.8 Å². The Bertz CT molecular complexity index is 329. The lowest BCUT2D eigenvalue weighted by atomic mass is 10.2. The van der Waals surface area contributed by atoms with Gasteiger partial charge in [0.15, 0.2) is 5.82 Å². The van der Waals surface area contributed by atoms with Crippen LogP contribution in [0.5, 0.6) is 0 Å². The molecule has 2 atom stereocenters. The van der Waals surface area contributed by atoms with Crippen LogP contribution in [0, 0.1) is 0 Å². The third kappa shape index (κ3) is 2.78. The number of aliphatic hydroxyl groups excluding tert-OH is 1. The Morgan fingerprint density at radius 1 is 1.62 bits per heavy atom. The lowest BCUT2D eigenvalue weighted by Gasteiger charge is -2.01. The lowest BCUT2D eigenvalue weighted by molar-refractivity contribution is 0.114. The van der Waals surface area contributed by atoms with Gasteiger partial charge in [-0.25, -0.2) is 0 Å². The largest absolute Gasteiger partial charge is 0.392 e. The van der Waals surface area contributed by atoms with E-state index >= 15 is 0 Å². The third-order valence-corrected chi connectivity index (χ3v) is 2.47. The first-order valence-electron chi connectivity index (χ1n) is 5.61. The van der Waals surface area contributed by atoms with E-state index in [0.717, 1.165) is 6.42 Å². The van der Waals surface area contributed by atoms with Crippen LogP contribution in [0.3, 0.4) is 0 Å². The molecule has 0 amide bonds. The smallest absolute Gasteiger partial charge is 0.243 e.